The summed E-state index contributed by atoms with van der Waals surface area (Å²) in [6, 6.07) is 12.0. The van der Waals surface area contributed by atoms with Gasteiger partial charge in [0.15, 0.2) is 10.6 Å². The van der Waals surface area contributed by atoms with Crippen molar-refractivity contribution >= 4 is 22.6 Å². The molecule has 234 valence electrons. The molecule has 0 radical (unpaired) electrons. The molecule has 0 spiro atoms. The minimum atomic E-state index is -4.93. The van der Waals surface area contributed by atoms with Gasteiger partial charge in [-0.3, -0.25) is 5.01 Å². The Labute approximate surface area is 249 Å². The molecule has 0 aliphatic carbocycles. The molecule has 0 fully saturated rings. The molecular weight excluding hydrogens is 619 g/mol. The fraction of sp³-hybridized carbons (Fsp3) is 0.179. The van der Waals surface area contributed by atoms with Crippen LogP contribution in [0.4, 0.5) is 36.4 Å². The number of halogens is 7. The number of hydrogen-bond acceptors (Lipinski definition) is 7. The van der Waals surface area contributed by atoms with E-state index in [4.69, 9.17) is 11.6 Å². The number of hydrogen-bond donors (Lipinski definition) is 3. The van der Waals surface area contributed by atoms with Crippen molar-refractivity contribution < 1.29 is 45.1 Å². The molecule has 0 saturated carbocycles. The Morgan fingerprint density at radius 3 is 2.23 bits per heavy atom. The first kappa shape index (κ1) is 32.7. The highest BCUT2D eigenvalue weighted by molar-refractivity contribution is 7.90. The molecule has 0 bridgehead atoms. The zero-order chi connectivity index (χ0) is 32.6. The molecule has 5 N–H and O–H groups in total. The van der Waals surface area contributed by atoms with Crippen molar-refractivity contribution in [2.45, 2.75) is 31.0 Å². The van der Waals surface area contributed by atoms with Crippen LogP contribution >= 0.6 is 0 Å². The number of aliphatic hydroxyl groups is 1. The monoisotopic (exact) mass is 643 g/mol. The molecule has 1 atom stereocenters. The van der Waals surface area contributed by atoms with Crippen molar-refractivity contribution in [1.29, 1.82) is 0 Å². The number of rotatable bonds is 8. The Hall–Kier alpha value is -4.25. The van der Waals surface area contributed by atoms with E-state index in [1.54, 1.807) is 0 Å². The fourth-order valence-corrected chi connectivity index (χ4v) is 5.19. The number of aryl methyl sites for hydroxylation is 1. The van der Waals surface area contributed by atoms with Crippen LogP contribution in [-0.2, 0) is 24.0 Å². The molecule has 0 aliphatic heterocycles. The van der Waals surface area contributed by atoms with Gasteiger partial charge in [-0.25, -0.2) is 14.9 Å². The van der Waals surface area contributed by atoms with Gasteiger partial charge in [-0.1, -0.05) is 6.07 Å². The molecule has 1 unspecified atom stereocenters. The first-order valence-corrected chi connectivity index (χ1v) is 14.0. The van der Waals surface area contributed by atoms with Crippen molar-refractivity contribution in [3.8, 4) is 22.6 Å². The van der Waals surface area contributed by atoms with E-state index >= 15 is 0 Å². The van der Waals surface area contributed by atoms with E-state index in [-0.39, 0.29) is 49.9 Å². The number of aliphatic hydroxyl groups excluding tert-OH is 1. The zero-order valence-electron chi connectivity index (χ0n) is 22.9. The van der Waals surface area contributed by atoms with Gasteiger partial charge in [0.05, 0.1) is 29.2 Å². The lowest BCUT2D eigenvalue weighted by Gasteiger charge is -2.26. The maximum atomic E-state index is 14.9. The summed E-state index contributed by atoms with van der Waals surface area (Å²) in [4.78, 5) is 0.0270. The highest BCUT2D eigenvalue weighted by Gasteiger charge is 2.35. The van der Waals surface area contributed by atoms with Crippen LogP contribution in [-0.4, -0.2) is 32.1 Å². The van der Waals surface area contributed by atoms with Gasteiger partial charge in [-0.2, -0.15) is 18.3 Å². The highest BCUT2D eigenvalue weighted by atomic mass is 32.2. The third-order valence-corrected chi connectivity index (χ3v) is 7.38. The van der Waals surface area contributed by atoms with Gasteiger partial charge in [0.25, 0.3) is 0 Å². The second kappa shape index (κ2) is 12.4. The summed E-state index contributed by atoms with van der Waals surface area (Å²) in [7, 11) is 0. The summed E-state index contributed by atoms with van der Waals surface area (Å²) in [5, 5.41) is 14.2. The van der Waals surface area contributed by atoms with Gasteiger partial charge < -0.3 is 20.1 Å². The van der Waals surface area contributed by atoms with Gasteiger partial charge in [0.2, 0.25) is 0 Å². The lowest BCUT2D eigenvalue weighted by atomic mass is 10.0. The molecule has 4 aromatic rings. The minimum absolute atomic E-state index is 0.000515. The van der Waals surface area contributed by atoms with Crippen LogP contribution in [0.15, 0.2) is 71.8 Å². The van der Waals surface area contributed by atoms with Crippen molar-refractivity contribution in [2.75, 3.05) is 11.3 Å². The Bertz CT molecular complexity index is 1690. The molecule has 3 aromatic carbocycles. The molecular formula is C28H24F7N5O3S. The van der Waals surface area contributed by atoms with E-state index in [0.717, 1.165) is 40.2 Å². The summed E-state index contributed by atoms with van der Waals surface area (Å²) < 4.78 is 110. The number of hydrazine groups is 1. The van der Waals surface area contributed by atoms with Crippen LogP contribution in [0.3, 0.4) is 0 Å². The summed E-state index contributed by atoms with van der Waals surface area (Å²) in [6.07, 6.45) is -7.37. The fourth-order valence-electron chi connectivity index (χ4n) is 4.39. The summed E-state index contributed by atoms with van der Waals surface area (Å²) in [6.45, 7) is 0.672. The number of anilines is 1. The first-order chi connectivity index (χ1) is 20.5. The number of nitrogens with two attached hydrogens (primary N) is 2. The Morgan fingerprint density at radius 2 is 1.70 bits per heavy atom. The Morgan fingerprint density at radius 1 is 1.05 bits per heavy atom. The van der Waals surface area contributed by atoms with Crippen LogP contribution in [0.25, 0.3) is 22.5 Å². The van der Waals surface area contributed by atoms with E-state index in [9.17, 15) is 40.4 Å². The molecule has 4 rings (SSSR count). The third-order valence-electron chi connectivity index (χ3n) is 6.40. The van der Waals surface area contributed by atoms with Gasteiger partial charge >= 0.3 is 12.5 Å². The summed E-state index contributed by atoms with van der Waals surface area (Å²) >= 11 is -1.70. The van der Waals surface area contributed by atoms with Crippen LogP contribution < -0.4 is 21.3 Å². The average Bonchev–Trinajstić information content (AvgIpc) is 3.34. The van der Waals surface area contributed by atoms with E-state index in [2.05, 4.69) is 9.84 Å². The third kappa shape index (κ3) is 6.93. The highest BCUT2D eigenvalue weighted by Crippen LogP contribution is 2.37. The van der Waals surface area contributed by atoms with E-state index in [0.29, 0.717) is 0 Å². The Balaban J connectivity index is 1.89. The molecule has 8 nitrogen and oxygen atoms in total. The number of alkyl halides is 6. The molecule has 0 aliphatic rings. The molecule has 44 heavy (non-hydrogen) atoms. The van der Waals surface area contributed by atoms with Crippen molar-refractivity contribution in [3.05, 3.63) is 95.2 Å². The predicted octanol–water partition coefficient (Wildman–Crippen LogP) is 5.77. The topological polar surface area (TPSA) is 126 Å². The number of benzene rings is 3. The largest absolute Gasteiger partial charge is 0.612 e. The second-order valence-electron chi connectivity index (χ2n) is 9.33. The molecule has 1 aromatic heterocycles. The number of ether oxygens (including phenoxy) is 1. The van der Waals surface area contributed by atoms with Gasteiger partial charge in [0.1, 0.15) is 17.8 Å². The van der Waals surface area contributed by atoms with Crippen LogP contribution in [0.2, 0.25) is 0 Å². The van der Waals surface area contributed by atoms with Crippen molar-refractivity contribution in [1.82, 2.24) is 9.78 Å². The maximum absolute atomic E-state index is 14.9. The SMILES string of the molecule is Cc1cc(C(F)(F)F)nn1-c1ccc(-c2cc(F)c(CO)c([S+](C)[O-])c2)cc1N(N)/C(=C\N)c1ccc(OC(F)(F)F)cc1. The zero-order valence-corrected chi connectivity index (χ0v) is 23.7. The quantitative estimate of drug-likeness (QED) is 0.0964. The number of nitrogens with zero attached hydrogens (tertiary/aromatic N) is 3. The average molecular weight is 644 g/mol. The molecule has 0 amide bonds. The molecule has 16 heteroatoms. The van der Waals surface area contributed by atoms with E-state index in [1.165, 1.54) is 49.6 Å². The van der Waals surface area contributed by atoms with Gasteiger partial charge in [0, 0.05) is 23.5 Å². The normalized spacial score (nSPS) is 13.2. The number of aromatic nitrogens is 2. The maximum Gasteiger partial charge on any atom is 0.573 e. The van der Waals surface area contributed by atoms with E-state index < -0.39 is 47.6 Å². The predicted molar refractivity (Wildman–Crippen MR) is 149 cm³/mol. The van der Waals surface area contributed by atoms with Crippen molar-refractivity contribution in [3.63, 3.8) is 0 Å². The standard InChI is InChI=1S/C28H24F7N5O3S/c1-15-9-26(27(30,31)32)38-40(15)22-8-5-17(18-10-21(29)20(14-41)25(12-18)44(2)42)11-23(22)39(37)24(13-36)16-3-6-19(7-4-16)43-28(33,34)35/h3-13,41H,14,36-37H2,1-2H3/b24-13-. The summed E-state index contributed by atoms with van der Waals surface area (Å²) in [5.74, 6) is 5.10. The van der Waals surface area contributed by atoms with Gasteiger partial charge in [-0.05, 0) is 77.8 Å². The smallest absolute Gasteiger partial charge is 0.573 e. The summed E-state index contributed by atoms with van der Waals surface area (Å²) in [5.41, 5.74) is 5.31. The van der Waals surface area contributed by atoms with Crippen LogP contribution in [0, 0.1) is 12.7 Å². The van der Waals surface area contributed by atoms with Crippen molar-refractivity contribution in [2.24, 2.45) is 11.6 Å². The minimum Gasteiger partial charge on any atom is -0.612 e. The van der Waals surface area contributed by atoms with E-state index in [1.807, 2.05) is 0 Å². The van der Waals surface area contributed by atoms with Gasteiger partial charge in [-0.15, -0.1) is 13.2 Å². The van der Waals surface area contributed by atoms with Crippen LogP contribution in [0.1, 0.15) is 22.5 Å². The molecule has 1 heterocycles. The first-order valence-electron chi connectivity index (χ1n) is 12.4. The second-order valence-corrected chi connectivity index (χ2v) is 10.7. The van der Waals surface area contributed by atoms with Crippen LogP contribution in [0.5, 0.6) is 5.75 Å². The molecule has 0 saturated heterocycles. The lowest BCUT2D eigenvalue weighted by molar-refractivity contribution is -0.274. The lowest BCUT2D eigenvalue weighted by Crippen LogP contribution is -2.31. The Kier molecular flexibility index (Phi) is 9.20.